The summed E-state index contributed by atoms with van der Waals surface area (Å²) in [6.45, 7) is 4.44. The van der Waals surface area contributed by atoms with Gasteiger partial charge >= 0.3 is 0 Å². The predicted octanol–water partition coefficient (Wildman–Crippen LogP) is 0.724. The molecule has 0 bridgehead atoms. The lowest BCUT2D eigenvalue weighted by molar-refractivity contribution is -0.123. The highest BCUT2D eigenvalue weighted by molar-refractivity contribution is 5.77. The zero-order valence-electron chi connectivity index (χ0n) is 8.00. The second-order valence-corrected chi connectivity index (χ2v) is 3.30. The van der Waals surface area contributed by atoms with Gasteiger partial charge in [-0.2, -0.15) is 5.10 Å². The van der Waals surface area contributed by atoms with Gasteiger partial charge in [0.25, 0.3) is 0 Å². The Labute approximate surface area is 77.7 Å². The number of rotatable bonds is 4. The van der Waals surface area contributed by atoms with E-state index < -0.39 is 0 Å². The third kappa shape index (κ3) is 3.27. The third-order valence-corrected chi connectivity index (χ3v) is 1.79. The van der Waals surface area contributed by atoms with Gasteiger partial charge in [0, 0.05) is 18.7 Å². The van der Waals surface area contributed by atoms with Crippen LogP contribution < -0.4 is 5.32 Å². The molecule has 0 aromatic carbocycles. The molecule has 1 aromatic rings. The molecule has 0 aliphatic heterocycles. The first-order chi connectivity index (χ1) is 6.20. The average Bonchev–Trinajstić information content (AvgIpc) is 2.56. The molecule has 13 heavy (non-hydrogen) atoms. The van der Waals surface area contributed by atoms with E-state index in [4.69, 9.17) is 0 Å². The molecule has 72 valence electrons. The van der Waals surface area contributed by atoms with Gasteiger partial charge in [-0.15, -0.1) is 0 Å². The molecular formula is C9H15N3O. The van der Waals surface area contributed by atoms with E-state index in [0.717, 1.165) is 12.0 Å². The molecule has 0 saturated carbocycles. The van der Waals surface area contributed by atoms with E-state index >= 15 is 0 Å². The van der Waals surface area contributed by atoms with Crippen molar-refractivity contribution in [2.24, 2.45) is 5.92 Å². The molecule has 1 rings (SSSR count). The SMILES string of the molecule is CC(C)C(=O)NCCc1cn[nH]c1. The fourth-order valence-corrected chi connectivity index (χ4v) is 0.949. The predicted molar refractivity (Wildman–Crippen MR) is 50.1 cm³/mol. The highest BCUT2D eigenvalue weighted by Crippen LogP contribution is 1.95. The fraction of sp³-hybridized carbons (Fsp3) is 0.556. The molecule has 4 heteroatoms. The maximum Gasteiger partial charge on any atom is 0.222 e. The number of amides is 1. The van der Waals surface area contributed by atoms with Gasteiger partial charge in [0.15, 0.2) is 0 Å². The summed E-state index contributed by atoms with van der Waals surface area (Å²) in [6.07, 6.45) is 4.43. The van der Waals surface area contributed by atoms with Crippen LogP contribution in [-0.4, -0.2) is 22.6 Å². The van der Waals surface area contributed by atoms with E-state index in [1.807, 2.05) is 20.0 Å². The molecule has 4 nitrogen and oxygen atoms in total. The molecule has 0 aliphatic rings. The Morgan fingerprint density at radius 2 is 2.46 bits per heavy atom. The summed E-state index contributed by atoms with van der Waals surface area (Å²) in [5.74, 6) is 0.160. The number of carbonyl (C=O) groups excluding carboxylic acids is 1. The summed E-state index contributed by atoms with van der Waals surface area (Å²) in [7, 11) is 0. The van der Waals surface area contributed by atoms with Crippen molar-refractivity contribution >= 4 is 5.91 Å². The normalized spacial score (nSPS) is 10.4. The number of carbonyl (C=O) groups is 1. The Kier molecular flexibility index (Phi) is 3.49. The third-order valence-electron chi connectivity index (χ3n) is 1.79. The summed E-state index contributed by atoms with van der Waals surface area (Å²) >= 11 is 0. The second kappa shape index (κ2) is 4.64. The number of nitrogens with zero attached hydrogens (tertiary/aromatic N) is 1. The van der Waals surface area contributed by atoms with Crippen LogP contribution in [0.2, 0.25) is 0 Å². The fourth-order valence-electron chi connectivity index (χ4n) is 0.949. The van der Waals surface area contributed by atoms with Crippen LogP contribution in [0.15, 0.2) is 12.4 Å². The first-order valence-corrected chi connectivity index (χ1v) is 4.45. The van der Waals surface area contributed by atoms with Crippen molar-refractivity contribution in [3.8, 4) is 0 Å². The summed E-state index contributed by atoms with van der Waals surface area (Å²) < 4.78 is 0. The lowest BCUT2D eigenvalue weighted by atomic mass is 10.2. The largest absolute Gasteiger partial charge is 0.356 e. The van der Waals surface area contributed by atoms with Crippen molar-refractivity contribution < 1.29 is 4.79 Å². The van der Waals surface area contributed by atoms with Gasteiger partial charge in [0.05, 0.1) is 6.20 Å². The van der Waals surface area contributed by atoms with Crippen molar-refractivity contribution in [3.63, 3.8) is 0 Å². The van der Waals surface area contributed by atoms with E-state index in [1.54, 1.807) is 6.20 Å². The van der Waals surface area contributed by atoms with Crippen LogP contribution in [0.25, 0.3) is 0 Å². The van der Waals surface area contributed by atoms with Crippen LogP contribution in [0, 0.1) is 5.92 Å². The standard InChI is InChI=1S/C9H15N3O/c1-7(2)9(13)10-4-3-8-5-11-12-6-8/h5-7H,3-4H2,1-2H3,(H,10,13)(H,11,12). The maximum atomic E-state index is 11.1. The topological polar surface area (TPSA) is 57.8 Å². The zero-order chi connectivity index (χ0) is 9.68. The van der Waals surface area contributed by atoms with Crippen molar-refractivity contribution in [2.75, 3.05) is 6.54 Å². The maximum absolute atomic E-state index is 11.1. The van der Waals surface area contributed by atoms with Gasteiger partial charge < -0.3 is 5.32 Å². The molecule has 0 spiro atoms. The lowest BCUT2D eigenvalue weighted by Crippen LogP contribution is -2.29. The van der Waals surface area contributed by atoms with E-state index in [-0.39, 0.29) is 11.8 Å². The van der Waals surface area contributed by atoms with Crippen molar-refractivity contribution in [3.05, 3.63) is 18.0 Å². The van der Waals surface area contributed by atoms with Crippen LogP contribution in [0.1, 0.15) is 19.4 Å². The summed E-state index contributed by atoms with van der Waals surface area (Å²) in [4.78, 5) is 11.1. The van der Waals surface area contributed by atoms with Crippen LogP contribution in [0.4, 0.5) is 0 Å². The number of nitrogens with one attached hydrogen (secondary N) is 2. The van der Waals surface area contributed by atoms with Crippen LogP contribution in [-0.2, 0) is 11.2 Å². The van der Waals surface area contributed by atoms with E-state index in [1.165, 1.54) is 0 Å². The highest BCUT2D eigenvalue weighted by atomic mass is 16.1. The number of H-pyrrole nitrogens is 1. The molecule has 0 atom stereocenters. The smallest absolute Gasteiger partial charge is 0.222 e. The lowest BCUT2D eigenvalue weighted by Gasteiger charge is -2.05. The van der Waals surface area contributed by atoms with Crippen LogP contribution in [0.5, 0.6) is 0 Å². The quantitative estimate of drug-likeness (QED) is 0.719. The van der Waals surface area contributed by atoms with Gasteiger partial charge in [-0.05, 0) is 12.0 Å². The minimum absolute atomic E-state index is 0.0596. The average molecular weight is 181 g/mol. The summed E-state index contributed by atoms with van der Waals surface area (Å²) in [6, 6.07) is 0. The van der Waals surface area contributed by atoms with Gasteiger partial charge in [0.2, 0.25) is 5.91 Å². The molecule has 1 aromatic heterocycles. The van der Waals surface area contributed by atoms with E-state index in [2.05, 4.69) is 15.5 Å². The van der Waals surface area contributed by atoms with Gasteiger partial charge in [0.1, 0.15) is 0 Å². The number of aromatic nitrogens is 2. The van der Waals surface area contributed by atoms with Crippen molar-refractivity contribution in [1.82, 2.24) is 15.5 Å². The van der Waals surface area contributed by atoms with Crippen molar-refractivity contribution in [1.29, 1.82) is 0 Å². The summed E-state index contributed by atoms with van der Waals surface area (Å²) in [5.41, 5.74) is 1.11. The molecule has 2 N–H and O–H groups in total. The molecular weight excluding hydrogens is 166 g/mol. The zero-order valence-corrected chi connectivity index (χ0v) is 8.00. The van der Waals surface area contributed by atoms with E-state index in [9.17, 15) is 4.79 Å². The molecule has 0 saturated heterocycles. The second-order valence-electron chi connectivity index (χ2n) is 3.30. The highest BCUT2D eigenvalue weighted by Gasteiger charge is 2.04. The number of hydrogen-bond acceptors (Lipinski definition) is 2. The van der Waals surface area contributed by atoms with E-state index in [0.29, 0.717) is 6.54 Å². The Balaban J connectivity index is 2.18. The first-order valence-electron chi connectivity index (χ1n) is 4.45. The first kappa shape index (κ1) is 9.77. The molecule has 0 radical (unpaired) electrons. The molecule has 1 heterocycles. The molecule has 0 fully saturated rings. The Morgan fingerprint density at radius 1 is 1.69 bits per heavy atom. The Bertz CT molecular complexity index is 254. The van der Waals surface area contributed by atoms with Gasteiger partial charge in [-0.25, -0.2) is 0 Å². The Hall–Kier alpha value is -1.32. The molecule has 0 aliphatic carbocycles. The minimum atomic E-state index is 0.0596. The summed E-state index contributed by atoms with van der Waals surface area (Å²) in [5, 5.41) is 9.39. The molecule has 0 unspecified atom stereocenters. The van der Waals surface area contributed by atoms with Crippen LogP contribution in [0.3, 0.4) is 0 Å². The van der Waals surface area contributed by atoms with Gasteiger partial charge in [-0.1, -0.05) is 13.8 Å². The number of aromatic amines is 1. The monoisotopic (exact) mass is 181 g/mol. The van der Waals surface area contributed by atoms with Crippen molar-refractivity contribution in [2.45, 2.75) is 20.3 Å². The molecule has 1 amide bonds. The minimum Gasteiger partial charge on any atom is -0.356 e. The Morgan fingerprint density at radius 3 is 3.00 bits per heavy atom. The number of hydrogen-bond donors (Lipinski definition) is 2. The van der Waals surface area contributed by atoms with Crippen LogP contribution >= 0.6 is 0 Å². The van der Waals surface area contributed by atoms with Gasteiger partial charge in [-0.3, -0.25) is 9.89 Å².